The molecule has 0 unspecified atom stereocenters. The lowest BCUT2D eigenvalue weighted by molar-refractivity contribution is -0.122. The van der Waals surface area contributed by atoms with Crippen molar-refractivity contribution in [2.24, 2.45) is 5.73 Å². The van der Waals surface area contributed by atoms with E-state index in [4.69, 9.17) is 15.6 Å². The molecule has 3 aromatic rings. The minimum absolute atomic E-state index is 0.250. The Morgan fingerprint density at radius 2 is 1.83 bits per heavy atom. The van der Waals surface area contributed by atoms with Crippen LogP contribution in [0.15, 0.2) is 47.5 Å². The van der Waals surface area contributed by atoms with Gasteiger partial charge in [-0.3, -0.25) is 9.59 Å². The molecule has 1 aromatic carbocycles. The van der Waals surface area contributed by atoms with E-state index < -0.39 is 11.4 Å². The van der Waals surface area contributed by atoms with Crippen LogP contribution in [0.25, 0.3) is 16.8 Å². The molecule has 2 aromatic heterocycles. The summed E-state index contributed by atoms with van der Waals surface area (Å²) in [4.78, 5) is 23.1. The topological polar surface area (TPSA) is 101 Å². The van der Waals surface area contributed by atoms with Crippen LogP contribution in [0.4, 0.5) is 4.39 Å². The number of H-pyrrole nitrogens is 1. The van der Waals surface area contributed by atoms with Crippen molar-refractivity contribution >= 4 is 12.0 Å². The molecule has 0 aliphatic rings. The van der Waals surface area contributed by atoms with Crippen molar-refractivity contribution in [3.63, 3.8) is 0 Å². The number of nitrogens with zero attached hydrogens (tertiary/aromatic N) is 1. The molecular formula is C17H18FN3O3. The Morgan fingerprint density at radius 3 is 2.38 bits per heavy atom. The van der Waals surface area contributed by atoms with Crippen molar-refractivity contribution in [3.05, 3.63) is 64.5 Å². The third-order valence-corrected chi connectivity index (χ3v) is 3.50. The Labute approximate surface area is 137 Å². The van der Waals surface area contributed by atoms with Gasteiger partial charge in [-0.2, -0.15) is 0 Å². The first-order valence-corrected chi connectivity index (χ1v) is 7.14. The molecular weight excluding hydrogens is 313 g/mol. The number of carbonyl (C=O) groups is 1. The van der Waals surface area contributed by atoms with E-state index >= 15 is 0 Å². The van der Waals surface area contributed by atoms with Crippen LogP contribution in [0.5, 0.6) is 0 Å². The molecule has 0 bridgehead atoms. The van der Waals surface area contributed by atoms with Gasteiger partial charge in [0, 0.05) is 24.0 Å². The zero-order valence-electron chi connectivity index (χ0n) is 13.3. The molecule has 3 rings (SSSR count). The van der Waals surface area contributed by atoms with Gasteiger partial charge in [0.1, 0.15) is 11.3 Å². The minimum atomic E-state index is -0.433. The summed E-state index contributed by atoms with van der Waals surface area (Å²) in [6, 6.07) is 8.84. The molecule has 0 saturated carbocycles. The Hall–Kier alpha value is -2.93. The van der Waals surface area contributed by atoms with E-state index in [9.17, 15) is 9.18 Å². The molecule has 0 atom stereocenters. The van der Waals surface area contributed by atoms with E-state index in [1.807, 2.05) is 38.1 Å². The normalized spacial score (nSPS) is 11.0. The summed E-state index contributed by atoms with van der Waals surface area (Å²) in [7, 11) is 0. The maximum absolute atomic E-state index is 13.2. The molecule has 24 heavy (non-hydrogen) atoms. The first-order chi connectivity index (χ1) is 11.3. The fourth-order valence-electron chi connectivity index (χ4n) is 2.32. The highest BCUT2D eigenvalue weighted by Gasteiger charge is 2.14. The van der Waals surface area contributed by atoms with Gasteiger partial charge in [0.2, 0.25) is 0 Å². The van der Waals surface area contributed by atoms with Crippen molar-refractivity contribution < 1.29 is 14.3 Å². The summed E-state index contributed by atoms with van der Waals surface area (Å²) in [5, 5.41) is 6.89. The molecule has 0 spiro atoms. The van der Waals surface area contributed by atoms with E-state index in [2.05, 4.69) is 4.98 Å². The summed E-state index contributed by atoms with van der Waals surface area (Å²) in [6.07, 6.45) is 2.98. The first kappa shape index (κ1) is 17.4. The van der Waals surface area contributed by atoms with Gasteiger partial charge in [-0.25, -0.2) is 4.39 Å². The van der Waals surface area contributed by atoms with Gasteiger partial charge in [-0.05, 0) is 25.0 Å². The summed E-state index contributed by atoms with van der Waals surface area (Å²) in [6.45, 7) is 3.61. The average Bonchev–Trinajstić information content (AvgIpc) is 2.88. The lowest BCUT2D eigenvalue weighted by Gasteiger charge is -2.19. The van der Waals surface area contributed by atoms with E-state index in [0.29, 0.717) is 5.69 Å². The van der Waals surface area contributed by atoms with Crippen molar-refractivity contribution in [3.8, 4) is 11.3 Å². The molecule has 0 radical (unpaired) electrons. The predicted molar refractivity (Wildman–Crippen MR) is 89.3 cm³/mol. The van der Waals surface area contributed by atoms with Crippen LogP contribution in [0.2, 0.25) is 0 Å². The molecule has 0 aliphatic carbocycles. The third kappa shape index (κ3) is 3.69. The monoisotopic (exact) mass is 331 g/mol. The van der Waals surface area contributed by atoms with Crippen molar-refractivity contribution in [2.45, 2.75) is 19.4 Å². The molecule has 7 heteroatoms. The second-order valence-corrected chi connectivity index (χ2v) is 5.85. The largest absolute Gasteiger partial charge is 0.483 e. The molecule has 0 amide bonds. The number of aromatic amines is 1. The van der Waals surface area contributed by atoms with Crippen molar-refractivity contribution in [2.75, 3.05) is 0 Å². The lowest BCUT2D eigenvalue weighted by atomic mass is 9.94. The second-order valence-electron chi connectivity index (χ2n) is 5.85. The minimum Gasteiger partial charge on any atom is -0.483 e. The summed E-state index contributed by atoms with van der Waals surface area (Å²) >= 11 is 0. The molecule has 0 fully saturated rings. The van der Waals surface area contributed by atoms with Crippen LogP contribution < -0.4 is 11.3 Å². The van der Waals surface area contributed by atoms with E-state index in [0.717, 1.165) is 11.1 Å². The summed E-state index contributed by atoms with van der Waals surface area (Å²) < 4.78 is 14.7. The Bertz CT molecular complexity index is 905. The quantitative estimate of drug-likeness (QED) is 0.627. The van der Waals surface area contributed by atoms with Crippen LogP contribution >= 0.6 is 0 Å². The number of aromatic nitrogens is 2. The fraction of sp³-hybridized carbons (Fsp3) is 0.176. The maximum atomic E-state index is 13.2. The highest BCUT2D eigenvalue weighted by molar-refractivity contribution is 5.61. The number of hydrogen-bond donors (Lipinski definition) is 3. The Morgan fingerprint density at radius 1 is 1.25 bits per heavy atom. The van der Waals surface area contributed by atoms with Crippen molar-refractivity contribution in [1.82, 2.24) is 9.38 Å². The van der Waals surface area contributed by atoms with E-state index in [-0.39, 0.29) is 17.5 Å². The Kier molecular flexibility index (Phi) is 4.85. The van der Waals surface area contributed by atoms with Crippen LogP contribution in [-0.2, 0) is 10.3 Å². The number of nitrogens with two attached hydrogens (primary N) is 1. The average molecular weight is 331 g/mol. The number of carboxylic acid groups (broad SMARTS) is 1. The van der Waals surface area contributed by atoms with E-state index in [1.165, 1.54) is 16.7 Å². The number of nitrogens with one attached hydrogen (secondary N) is 1. The van der Waals surface area contributed by atoms with Gasteiger partial charge in [-0.15, -0.1) is 0 Å². The zero-order valence-corrected chi connectivity index (χ0v) is 13.3. The number of fused-ring (bicyclic) bond motifs is 1. The fourth-order valence-corrected chi connectivity index (χ4v) is 2.32. The zero-order chi connectivity index (χ0) is 17.9. The number of hydrogen-bond acceptors (Lipinski definition) is 3. The first-order valence-electron chi connectivity index (χ1n) is 7.14. The molecule has 4 N–H and O–H groups in total. The molecule has 2 heterocycles. The van der Waals surface area contributed by atoms with E-state index in [1.54, 1.807) is 6.20 Å². The molecule has 126 valence electrons. The lowest BCUT2D eigenvalue weighted by Crippen LogP contribution is -2.28. The second kappa shape index (κ2) is 6.67. The molecule has 6 nitrogen and oxygen atoms in total. The van der Waals surface area contributed by atoms with Gasteiger partial charge in [0.05, 0.1) is 5.69 Å². The predicted octanol–water partition coefficient (Wildman–Crippen LogP) is 2.33. The third-order valence-electron chi connectivity index (χ3n) is 3.50. The van der Waals surface area contributed by atoms with Gasteiger partial charge in [0.25, 0.3) is 12.0 Å². The smallest absolute Gasteiger partial charge is 0.290 e. The van der Waals surface area contributed by atoms with Crippen molar-refractivity contribution in [1.29, 1.82) is 0 Å². The summed E-state index contributed by atoms with van der Waals surface area (Å²) in [5.74, 6) is -0.433. The highest BCUT2D eigenvalue weighted by atomic mass is 19.1. The van der Waals surface area contributed by atoms with Crippen LogP contribution in [-0.4, -0.2) is 21.0 Å². The molecule has 0 saturated heterocycles. The number of rotatable bonds is 2. The molecule has 0 aliphatic heterocycles. The van der Waals surface area contributed by atoms with Crippen LogP contribution in [0, 0.1) is 5.82 Å². The van der Waals surface area contributed by atoms with Gasteiger partial charge in [0.15, 0.2) is 0 Å². The highest BCUT2D eigenvalue weighted by Crippen LogP contribution is 2.22. The Balaban J connectivity index is 0.000000647. The van der Waals surface area contributed by atoms with Crippen LogP contribution in [0.1, 0.15) is 19.4 Å². The van der Waals surface area contributed by atoms with Gasteiger partial charge in [-0.1, -0.05) is 24.3 Å². The van der Waals surface area contributed by atoms with Gasteiger partial charge >= 0.3 is 0 Å². The number of halogens is 1. The standard InChI is InChI=1S/C16H16FN3O.CH2O2/c1-16(2,18)11-5-3-10(4-6-11)13-9-20-8-12(17)7-14(20)15(21)19-13;2-1-3/h3-9H,18H2,1-2H3,(H,19,21);1H,(H,2,3). The SMILES string of the molecule is CC(C)(N)c1ccc(-c2cn3cc(F)cc3c(=O)[nH]2)cc1.O=CO. The number of benzene rings is 1. The summed E-state index contributed by atoms with van der Waals surface area (Å²) in [5.41, 5.74) is 8.07. The van der Waals surface area contributed by atoms with Crippen LogP contribution in [0.3, 0.4) is 0 Å². The maximum Gasteiger partial charge on any atom is 0.290 e. The van der Waals surface area contributed by atoms with Gasteiger partial charge < -0.3 is 20.2 Å².